The zero-order valence-electron chi connectivity index (χ0n) is 15.7. The maximum Gasteiger partial charge on any atom is 0.446 e. The lowest BCUT2D eigenvalue weighted by atomic mass is 10.2. The number of unbranched alkanes of at least 4 members (excludes halogenated alkanes) is 2. The molecule has 0 spiro atoms. The predicted octanol–water partition coefficient (Wildman–Crippen LogP) is 5.42. The number of thioether (sulfide) groups is 1. The normalized spacial score (nSPS) is 11.4. The van der Waals surface area contributed by atoms with Gasteiger partial charge in [0.2, 0.25) is 0 Å². The first-order valence-electron chi connectivity index (χ1n) is 9.15. The summed E-state index contributed by atoms with van der Waals surface area (Å²) in [6, 6.07) is 5.81. The van der Waals surface area contributed by atoms with Crippen molar-refractivity contribution in [3.05, 3.63) is 43.0 Å². The van der Waals surface area contributed by atoms with Gasteiger partial charge in [0.05, 0.1) is 6.61 Å². The minimum absolute atomic E-state index is 0.0765. The Bertz CT molecular complexity index is 706. The maximum absolute atomic E-state index is 12.4. The molecular weight excluding hydrogens is 391 g/mol. The van der Waals surface area contributed by atoms with E-state index < -0.39 is 5.51 Å². The maximum atomic E-state index is 12.4. The molecule has 9 heteroatoms. The van der Waals surface area contributed by atoms with E-state index >= 15 is 0 Å². The van der Waals surface area contributed by atoms with Gasteiger partial charge in [0.15, 0.2) is 0 Å². The summed E-state index contributed by atoms with van der Waals surface area (Å²) in [5.41, 5.74) is -4.28. The number of hydrogen-bond acceptors (Lipinski definition) is 4. The summed E-state index contributed by atoms with van der Waals surface area (Å²) >= 11 is -0.141. The number of nitrogens with zero attached hydrogens (tertiary/aromatic N) is 3. The van der Waals surface area contributed by atoms with Crippen LogP contribution in [-0.2, 0) is 0 Å². The molecule has 2 aromatic rings. The summed E-state index contributed by atoms with van der Waals surface area (Å²) in [4.78, 5) is 18.2. The first-order chi connectivity index (χ1) is 13.4. The molecule has 0 aliphatic carbocycles. The van der Waals surface area contributed by atoms with Crippen molar-refractivity contribution in [3.8, 4) is 5.75 Å². The predicted molar refractivity (Wildman–Crippen MR) is 103 cm³/mol. The first kappa shape index (κ1) is 22.1. The molecule has 1 heterocycles. The minimum Gasteiger partial charge on any atom is -0.494 e. The van der Waals surface area contributed by atoms with Gasteiger partial charge in [0.25, 0.3) is 0 Å². The molecule has 0 radical (unpaired) electrons. The van der Waals surface area contributed by atoms with Crippen LogP contribution in [0.1, 0.15) is 32.6 Å². The highest BCUT2D eigenvalue weighted by Gasteiger charge is 2.29. The second kappa shape index (κ2) is 11.0. The number of carbonyl (C=O) groups is 1. The Morgan fingerprint density at radius 1 is 1.18 bits per heavy atom. The van der Waals surface area contributed by atoms with E-state index in [2.05, 4.69) is 4.98 Å². The Balaban J connectivity index is 1.66. The number of benzene rings is 1. The average Bonchev–Trinajstić information content (AvgIpc) is 3.18. The fraction of sp³-hybridized carbons (Fsp3) is 0.474. The average molecular weight is 415 g/mol. The number of imidazole rings is 1. The number of hydrogen-bond donors (Lipinski definition) is 0. The quantitative estimate of drug-likeness (QED) is 0.384. The number of alkyl halides is 3. The van der Waals surface area contributed by atoms with Gasteiger partial charge in [-0.25, -0.2) is 9.78 Å². The summed E-state index contributed by atoms with van der Waals surface area (Å²) in [5, 5.41) is 0. The van der Waals surface area contributed by atoms with Gasteiger partial charge in [-0.2, -0.15) is 13.2 Å². The van der Waals surface area contributed by atoms with Crippen molar-refractivity contribution in [2.24, 2.45) is 0 Å². The molecule has 1 aromatic heterocycles. The summed E-state index contributed by atoms with van der Waals surface area (Å²) in [6.45, 7) is 3.86. The van der Waals surface area contributed by atoms with Crippen LogP contribution in [0, 0.1) is 0 Å². The Labute approximate surface area is 166 Å². The molecule has 0 bridgehead atoms. The summed E-state index contributed by atoms with van der Waals surface area (Å²) < 4.78 is 43.9. The molecule has 154 valence electrons. The van der Waals surface area contributed by atoms with Crippen molar-refractivity contribution in [3.63, 3.8) is 0 Å². The van der Waals surface area contributed by atoms with Crippen LogP contribution in [0.4, 0.5) is 18.0 Å². The monoisotopic (exact) mass is 415 g/mol. The highest BCUT2D eigenvalue weighted by Crippen LogP contribution is 2.37. The summed E-state index contributed by atoms with van der Waals surface area (Å²) in [6.07, 6.45) is 8.14. The molecule has 0 aliphatic rings. The van der Waals surface area contributed by atoms with Crippen LogP contribution < -0.4 is 4.74 Å². The minimum atomic E-state index is -4.28. The van der Waals surface area contributed by atoms with Crippen LogP contribution in [0.2, 0.25) is 0 Å². The highest BCUT2D eigenvalue weighted by molar-refractivity contribution is 8.00. The van der Waals surface area contributed by atoms with E-state index in [1.165, 1.54) is 23.0 Å². The van der Waals surface area contributed by atoms with Crippen LogP contribution in [0.3, 0.4) is 0 Å². The van der Waals surface area contributed by atoms with Gasteiger partial charge in [-0.3, -0.25) is 4.57 Å². The van der Waals surface area contributed by atoms with Crippen molar-refractivity contribution in [2.45, 2.75) is 43.0 Å². The first-order valence-corrected chi connectivity index (χ1v) is 9.96. The fourth-order valence-electron chi connectivity index (χ4n) is 2.62. The van der Waals surface area contributed by atoms with Crippen molar-refractivity contribution >= 4 is 17.8 Å². The number of carbonyl (C=O) groups excluding carboxylic acids is 1. The molecule has 28 heavy (non-hydrogen) atoms. The topological polar surface area (TPSA) is 47.4 Å². The van der Waals surface area contributed by atoms with Crippen LogP contribution in [0.25, 0.3) is 0 Å². The SMILES string of the molecule is CCCN(CCCCCOc1ccc(SC(F)(F)F)cc1)C(=O)n1ccnc1. The molecule has 1 aromatic carbocycles. The number of rotatable bonds is 10. The van der Waals surface area contributed by atoms with Crippen LogP contribution in [0.5, 0.6) is 5.75 Å². The van der Waals surface area contributed by atoms with E-state index in [4.69, 9.17) is 4.74 Å². The van der Waals surface area contributed by atoms with Crippen molar-refractivity contribution in [1.82, 2.24) is 14.5 Å². The standard InChI is InChI=1S/C19H24F3N3O2S/c1-2-11-24(18(26)25-13-10-23-15-25)12-4-3-5-14-27-16-6-8-17(9-7-16)28-19(20,21)22/h6-10,13,15H,2-5,11-12,14H2,1H3. The number of aromatic nitrogens is 2. The Kier molecular flexibility index (Phi) is 8.69. The molecule has 0 unspecified atom stereocenters. The number of halogens is 3. The molecule has 0 saturated heterocycles. The third-order valence-corrected chi connectivity index (χ3v) is 4.63. The van der Waals surface area contributed by atoms with E-state index in [0.29, 0.717) is 25.4 Å². The summed E-state index contributed by atoms with van der Waals surface area (Å²) in [7, 11) is 0. The third-order valence-electron chi connectivity index (χ3n) is 3.89. The van der Waals surface area contributed by atoms with E-state index in [9.17, 15) is 18.0 Å². The van der Waals surface area contributed by atoms with Gasteiger partial charge < -0.3 is 9.64 Å². The van der Waals surface area contributed by atoms with E-state index in [1.807, 2.05) is 6.92 Å². The van der Waals surface area contributed by atoms with Gasteiger partial charge in [0, 0.05) is 30.4 Å². The lowest BCUT2D eigenvalue weighted by Crippen LogP contribution is -2.35. The van der Waals surface area contributed by atoms with Gasteiger partial charge in [0.1, 0.15) is 12.1 Å². The molecule has 0 fully saturated rings. The van der Waals surface area contributed by atoms with Gasteiger partial charge in [-0.05, 0) is 61.7 Å². The fourth-order valence-corrected chi connectivity index (χ4v) is 3.16. The Morgan fingerprint density at radius 2 is 1.93 bits per heavy atom. The Morgan fingerprint density at radius 3 is 2.54 bits per heavy atom. The van der Waals surface area contributed by atoms with Crippen molar-refractivity contribution in [2.75, 3.05) is 19.7 Å². The molecule has 0 atom stereocenters. The molecular formula is C19H24F3N3O2S. The number of amides is 1. The number of ether oxygens (including phenoxy) is 1. The third kappa shape index (κ3) is 7.84. The molecule has 5 nitrogen and oxygen atoms in total. The lowest BCUT2D eigenvalue weighted by molar-refractivity contribution is -0.0328. The van der Waals surface area contributed by atoms with Gasteiger partial charge in [-0.15, -0.1) is 0 Å². The molecule has 0 aliphatic heterocycles. The second-order valence-corrected chi connectivity index (χ2v) is 7.31. The Hall–Kier alpha value is -2.16. The van der Waals surface area contributed by atoms with Crippen molar-refractivity contribution < 1.29 is 22.7 Å². The van der Waals surface area contributed by atoms with Gasteiger partial charge >= 0.3 is 11.5 Å². The lowest BCUT2D eigenvalue weighted by Gasteiger charge is -2.22. The smallest absolute Gasteiger partial charge is 0.446 e. The van der Waals surface area contributed by atoms with Crippen LogP contribution >= 0.6 is 11.8 Å². The van der Waals surface area contributed by atoms with E-state index in [0.717, 1.165) is 25.7 Å². The van der Waals surface area contributed by atoms with Gasteiger partial charge in [-0.1, -0.05) is 6.92 Å². The second-order valence-electron chi connectivity index (χ2n) is 6.17. The molecule has 0 saturated carbocycles. The van der Waals surface area contributed by atoms with Crippen LogP contribution in [0.15, 0.2) is 47.9 Å². The zero-order chi connectivity index (χ0) is 20.4. The van der Waals surface area contributed by atoms with Crippen LogP contribution in [-0.4, -0.2) is 45.7 Å². The van der Waals surface area contributed by atoms with E-state index in [1.54, 1.807) is 29.4 Å². The zero-order valence-corrected chi connectivity index (χ0v) is 16.5. The largest absolute Gasteiger partial charge is 0.494 e. The van der Waals surface area contributed by atoms with E-state index in [-0.39, 0.29) is 22.7 Å². The molecule has 2 rings (SSSR count). The molecule has 0 N–H and O–H groups in total. The van der Waals surface area contributed by atoms with Crippen molar-refractivity contribution in [1.29, 1.82) is 0 Å². The summed E-state index contributed by atoms with van der Waals surface area (Å²) in [5.74, 6) is 0.550. The highest BCUT2D eigenvalue weighted by atomic mass is 32.2. The molecule has 1 amide bonds.